The highest BCUT2D eigenvalue weighted by Crippen LogP contribution is 2.28. The van der Waals surface area contributed by atoms with E-state index in [0.717, 1.165) is 24.5 Å². The number of hydrogen-bond acceptors (Lipinski definition) is 6. The van der Waals surface area contributed by atoms with Crippen molar-refractivity contribution in [2.24, 2.45) is 5.73 Å². The van der Waals surface area contributed by atoms with Gasteiger partial charge in [-0.15, -0.1) is 0 Å². The second kappa shape index (κ2) is 7.66. The Bertz CT molecular complexity index is 593. The summed E-state index contributed by atoms with van der Waals surface area (Å²) < 4.78 is 5.11. The maximum Gasteiger partial charge on any atom is 0.229 e. The van der Waals surface area contributed by atoms with Gasteiger partial charge in [0.05, 0.1) is 12.1 Å². The number of nitrogens with two attached hydrogens (primary N) is 1. The van der Waals surface area contributed by atoms with Crippen LogP contribution in [0.1, 0.15) is 6.42 Å². The summed E-state index contributed by atoms with van der Waals surface area (Å²) in [6.07, 6.45) is 2.58. The number of anilines is 3. The van der Waals surface area contributed by atoms with Crippen molar-refractivity contribution < 1.29 is 4.74 Å². The van der Waals surface area contributed by atoms with E-state index < -0.39 is 0 Å². The molecule has 0 spiro atoms. The highest BCUT2D eigenvalue weighted by Gasteiger charge is 2.04. The Labute approximate surface area is 128 Å². The predicted octanol–water partition coefficient (Wildman–Crippen LogP) is 2.64. The number of benzene rings is 1. The van der Waals surface area contributed by atoms with E-state index >= 15 is 0 Å². The minimum absolute atomic E-state index is 0.494. The van der Waals surface area contributed by atoms with Gasteiger partial charge in [-0.3, -0.25) is 0 Å². The molecule has 0 fully saturated rings. The summed E-state index contributed by atoms with van der Waals surface area (Å²) in [5.41, 5.74) is 6.25. The molecule has 0 atom stereocenters. The molecule has 0 aliphatic rings. The smallest absolute Gasteiger partial charge is 0.229 e. The van der Waals surface area contributed by atoms with Crippen molar-refractivity contribution in [2.45, 2.75) is 6.42 Å². The van der Waals surface area contributed by atoms with Crippen LogP contribution in [0.25, 0.3) is 0 Å². The molecule has 1 heterocycles. The summed E-state index contributed by atoms with van der Waals surface area (Å²) in [5.74, 6) is 1.87. The van der Waals surface area contributed by atoms with Gasteiger partial charge >= 0.3 is 0 Å². The Balaban J connectivity index is 2.05. The minimum Gasteiger partial charge on any atom is -0.495 e. The Morgan fingerprint density at radius 3 is 2.90 bits per heavy atom. The fraction of sp³-hybridized carbons (Fsp3) is 0.286. The first-order valence-corrected chi connectivity index (χ1v) is 6.98. The second-order valence-electron chi connectivity index (χ2n) is 4.31. The molecule has 112 valence electrons. The standard InChI is InChI=1S/C14H18ClN5O/c1-21-12-4-3-10(9-11(12)15)19-14-18-8-5-13(20-14)17-7-2-6-16/h3-5,8-9H,2,6-7,16H2,1H3,(H2,17,18,19,20). The van der Waals surface area contributed by atoms with Crippen LogP contribution in [0.5, 0.6) is 5.75 Å². The molecule has 0 aliphatic carbocycles. The summed E-state index contributed by atoms with van der Waals surface area (Å²) in [4.78, 5) is 8.54. The fourth-order valence-corrected chi connectivity index (χ4v) is 1.97. The molecule has 0 amide bonds. The third-order valence-corrected chi connectivity index (χ3v) is 3.05. The van der Waals surface area contributed by atoms with Crippen LogP contribution in [0.4, 0.5) is 17.5 Å². The van der Waals surface area contributed by atoms with Crippen LogP contribution in [0.3, 0.4) is 0 Å². The predicted molar refractivity (Wildman–Crippen MR) is 85.5 cm³/mol. The Kier molecular flexibility index (Phi) is 5.59. The highest BCUT2D eigenvalue weighted by atomic mass is 35.5. The lowest BCUT2D eigenvalue weighted by molar-refractivity contribution is 0.415. The summed E-state index contributed by atoms with van der Waals surface area (Å²) in [5, 5.41) is 6.81. The van der Waals surface area contributed by atoms with Crippen LogP contribution >= 0.6 is 11.6 Å². The van der Waals surface area contributed by atoms with Gasteiger partial charge in [0.1, 0.15) is 11.6 Å². The zero-order chi connectivity index (χ0) is 15.1. The average molecular weight is 308 g/mol. The summed E-state index contributed by atoms with van der Waals surface area (Å²) in [6, 6.07) is 7.21. The maximum atomic E-state index is 6.08. The lowest BCUT2D eigenvalue weighted by Crippen LogP contribution is -2.10. The van der Waals surface area contributed by atoms with Gasteiger partial charge in [0.25, 0.3) is 0 Å². The van der Waals surface area contributed by atoms with E-state index in [0.29, 0.717) is 23.3 Å². The van der Waals surface area contributed by atoms with Crippen LogP contribution in [0, 0.1) is 0 Å². The number of hydrogen-bond donors (Lipinski definition) is 3. The normalized spacial score (nSPS) is 10.2. The van der Waals surface area contributed by atoms with Gasteiger partial charge in [-0.2, -0.15) is 4.98 Å². The lowest BCUT2D eigenvalue weighted by atomic mass is 10.3. The number of ether oxygens (including phenoxy) is 1. The molecule has 0 bridgehead atoms. The van der Waals surface area contributed by atoms with Crippen molar-refractivity contribution in [3.05, 3.63) is 35.5 Å². The van der Waals surface area contributed by atoms with Gasteiger partial charge in [0.2, 0.25) is 5.95 Å². The van der Waals surface area contributed by atoms with Crippen molar-refractivity contribution in [1.29, 1.82) is 0 Å². The van der Waals surface area contributed by atoms with E-state index in [1.165, 1.54) is 0 Å². The molecule has 0 saturated heterocycles. The number of nitrogens with zero attached hydrogens (tertiary/aromatic N) is 2. The van der Waals surface area contributed by atoms with Crippen LogP contribution in [0.15, 0.2) is 30.5 Å². The molecule has 0 saturated carbocycles. The molecule has 7 heteroatoms. The van der Waals surface area contributed by atoms with Gasteiger partial charge < -0.3 is 21.1 Å². The molecule has 1 aromatic heterocycles. The summed E-state index contributed by atoms with van der Waals surface area (Å²) in [6.45, 7) is 1.43. The zero-order valence-corrected chi connectivity index (χ0v) is 12.5. The second-order valence-corrected chi connectivity index (χ2v) is 4.72. The monoisotopic (exact) mass is 307 g/mol. The summed E-state index contributed by atoms with van der Waals surface area (Å²) in [7, 11) is 1.58. The third kappa shape index (κ3) is 4.47. The number of rotatable bonds is 7. The zero-order valence-electron chi connectivity index (χ0n) is 11.8. The van der Waals surface area contributed by atoms with Crippen LogP contribution in [0.2, 0.25) is 5.02 Å². The molecule has 0 aliphatic heterocycles. The number of methoxy groups -OCH3 is 1. The minimum atomic E-state index is 0.494. The van der Waals surface area contributed by atoms with E-state index in [1.54, 1.807) is 25.4 Å². The van der Waals surface area contributed by atoms with Crippen molar-refractivity contribution in [3.8, 4) is 5.75 Å². The highest BCUT2D eigenvalue weighted by molar-refractivity contribution is 6.32. The molecule has 6 nitrogen and oxygen atoms in total. The lowest BCUT2D eigenvalue weighted by Gasteiger charge is -2.09. The molecule has 1 aromatic carbocycles. The van der Waals surface area contributed by atoms with E-state index in [1.807, 2.05) is 12.1 Å². The van der Waals surface area contributed by atoms with Crippen molar-refractivity contribution in [3.63, 3.8) is 0 Å². The van der Waals surface area contributed by atoms with Gasteiger partial charge in [-0.25, -0.2) is 4.98 Å². The Morgan fingerprint density at radius 1 is 1.33 bits per heavy atom. The molecular formula is C14H18ClN5O. The Morgan fingerprint density at radius 2 is 2.19 bits per heavy atom. The quantitative estimate of drug-likeness (QED) is 0.682. The van der Waals surface area contributed by atoms with E-state index in [-0.39, 0.29) is 0 Å². The molecule has 21 heavy (non-hydrogen) atoms. The first-order valence-electron chi connectivity index (χ1n) is 6.60. The topological polar surface area (TPSA) is 85.1 Å². The van der Waals surface area contributed by atoms with E-state index in [2.05, 4.69) is 20.6 Å². The van der Waals surface area contributed by atoms with Crippen molar-refractivity contribution in [2.75, 3.05) is 30.8 Å². The van der Waals surface area contributed by atoms with Gasteiger partial charge in [-0.05, 0) is 37.2 Å². The Hall–Kier alpha value is -2.05. The van der Waals surface area contributed by atoms with Gasteiger partial charge in [0, 0.05) is 18.4 Å². The third-order valence-electron chi connectivity index (χ3n) is 2.75. The SMILES string of the molecule is COc1ccc(Nc2nccc(NCCCN)n2)cc1Cl. The fourth-order valence-electron chi connectivity index (χ4n) is 1.71. The largest absolute Gasteiger partial charge is 0.495 e. The maximum absolute atomic E-state index is 6.08. The molecule has 2 aromatic rings. The van der Waals surface area contributed by atoms with E-state index in [9.17, 15) is 0 Å². The van der Waals surface area contributed by atoms with Crippen molar-refractivity contribution in [1.82, 2.24) is 9.97 Å². The van der Waals surface area contributed by atoms with Gasteiger partial charge in [-0.1, -0.05) is 11.6 Å². The molecular weight excluding hydrogens is 290 g/mol. The van der Waals surface area contributed by atoms with E-state index in [4.69, 9.17) is 22.1 Å². The van der Waals surface area contributed by atoms with Crippen molar-refractivity contribution >= 4 is 29.1 Å². The average Bonchev–Trinajstić information content (AvgIpc) is 2.48. The van der Waals surface area contributed by atoms with Crippen LogP contribution in [-0.4, -0.2) is 30.2 Å². The molecule has 2 rings (SSSR count). The number of nitrogens with one attached hydrogen (secondary N) is 2. The first kappa shape index (κ1) is 15.3. The van der Waals surface area contributed by atoms with Gasteiger partial charge in [0.15, 0.2) is 0 Å². The van der Waals surface area contributed by atoms with Crippen LogP contribution in [-0.2, 0) is 0 Å². The molecule has 0 unspecified atom stereocenters. The van der Waals surface area contributed by atoms with Crippen LogP contribution < -0.4 is 21.1 Å². The number of aromatic nitrogens is 2. The first-order chi connectivity index (χ1) is 10.2. The molecule has 0 radical (unpaired) electrons. The summed E-state index contributed by atoms with van der Waals surface area (Å²) >= 11 is 6.08. The number of halogens is 1. The molecule has 4 N–H and O–H groups in total.